The van der Waals surface area contributed by atoms with Crippen LogP contribution in [0.1, 0.15) is 47.8 Å². The smallest absolute Gasteiger partial charge is 0.261 e. The number of anilines is 2. The van der Waals surface area contributed by atoms with Crippen molar-refractivity contribution in [3.8, 4) is 0 Å². The summed E-state index contributed by atoms with van der Waals surface area (Å²) in [6.07, 6.45) is 1.71. The Hall–Kier alpha value is -4.52. The summed E-state index contributed by atoms with van der Waals surface area (Å²) in [5, 5.41) is 7.55. The van der Waals surface area contributed by atoms with Crippen molar-refractivity contribution in [1.82, 2.24) is 14.6 Å². The van der Waals surface area contributed by atoms with E-state index < -0.39 is 0 Å². The Morgan fingerprint density at radius 3 is 2.33 bits per heavy atom. The van der Waals surface area contributed by atoms with E-state index in [1.54, 1.807) is 6.21 Å². The van der Waals surface area contributed by atoms with Crippen molar-refractivity contribution >= 4 is 45.8 Å². The van der Waals surface area contributed by atoms with Crippen molar-refractivity contribution < 1.29 is 4.79 Å². The zero-order valence-electron chi connectivity index (χ0n) is 20.8. The lowest BCUT2D eigenvalue weighted by Gasteiger charge is -2.18. The zero-order chi connectivity index (χ0) is 25.4. The first-order valence-electron chi connectivity index (χ1n) is 11.8. The third kappa shape index (κ3) is 4.43. The zero-order valence-corrected chi connectivity index (χ0v) is 20.8. The van der Waals surface area contributed by atoms with E-state index in [-0.39, 0.29) is 22.7 Å². The summed E-state index contributed by atoms with van der Waals surface area (Å²) in [5.41, 5.74) is 12.9. The number of aromatic nitrogens is 3. The summed E-state index contributed by atoms with van der Waals surface area (Å²) in [6.45, 7) is 8.50. The Labute approximate surface area is 209 Å². The van der Waals surface area contributed by atoms with Gasteiger partial charge in [0, 0.05) is 5.69 Å². The fourth-order valence-electron chi connectivity index (χ4n) is 4.10. The second-order valence-corrected chi connectivity index (χ2v) is 9.90. The number of hydrogen-bond donors (Lipinski definition) is 2. The molecule has 36 heavy (non-hydrogen) atoms. The predicted molar refractivity (Wildman–Crippen MR) is 147 cm³/mol. The lowest BCUT2D eigenvalue weighted by molar-refractivity contribution is 0.102. The minimum absolute atomic E-state index is 0.0624. The van der Waals surface area contributed by atoms with Crippen LogP contribution in [0.25, 0.3) is 22.2 Å². The number of fused-ring (bicyclic) bond motifs is 2. The van der Waals surface area contributed by atoms with Gasteiger partial charge in [-0.05, 0) is 53.3 Å². The Bertz CT molecular complexity index is 1620. The van der Waals surface area contributed by atoms with Gasteiger partial charge in [0.25, 0.3) is 5.91 Å². The second-order valence-electron chi connectivity index (χ2n) is 9.90. The fourth-order valence-corrected chi connectivity index (χ4v) is 4.10. The van der Waals surface area contributed by atoms with Crippen molar-refractivity contribution in [1.29, 1.82) is 0 Å². The summed E-state index contributed by atoms with van der Waals surface area (Å²) in [4.78, 5) is 22.9. The molecular formula is C29H28N6O. The summed E-state index contributed by atoms with van der Waals surface area (Å²) in [5.74, 6) is -0.191. The number of nitrogen functional groups attached to an aromatic ring is 1. The third-order valence-electron chi connectivity index (χ3n) is 6.08. The summed E-state index contributed by atoms with van der Waals surface area (Å²) < 4.78 is 1.48. The molecule has 0 atom stereocenters. The maximum Gasteiger partial charge on any atom is 0.261 e. The van der Waals surface area contributed by atoms with Gasteiger partial charge in [-0.15, -0.1) is 0 Å². The normalized spacial score (nSPS) is 12.0. The van der Waals surface area contributed by atoms with Gasteiger partial charge in [-0.25, -0.2) is 9.97 Å². The largest absolute Gasteiger partial charge is 0.383 e. The molecule has 0 spiro atoms. The molecule has 0 radical (unpaired) electrons. The van der Waals surface area contributed by atoms with Gasteiger partial charge in [0.05, 0.1) is 17.2 Å². The quantitative estimate of drug-likeness (QED) is 0.315. The van der Waals surface area contributed by atoms with E-state index >= 15 is 0 Å². The van der Waals surface area contributed by atoms with Gasteiger partial charge in [0.1, 0.15) is 16.9 Å². The maximum absolute atomic E-state index is 13.4. The van der Waals surface area contributed by atoms with Gasteiger partial charge in [-0.2, -0.15) is 9.78 Å². The number of carbonyl (C=O) groups is 1. The van der Waals surface area contributed by atoms with E-state index in [1.165, 1.54) is 10.2 Å². The van der Waals surface area contributed by atoms with Crippen molar-refractivity contribution in [3.05, 3.63) is 95.1 Å². The average Bonchev–Trinajstić information content (AvgIpc) is 3.11. The molecule has 0 saturated heterocycles. The molecule has 3 N–H and O–H groups in total. The topological polar surface area (TPSA) is 98.2 Å². The van der Waals surface area contributed by atoms with Crippen molar-refractivity contribution in [2.45, 2.75) is 33.1 Å². The van der Waals surface area contributed by atoms with Gasteiger partial charge >= 0.3 is 0 Å². The molecule has 0 aliphatic heterocycles. The van der Waals surface area contributed by atoms with Crippen molar-refractivity contribution in [2.24, 2.45) is 5.10 Å². The molecule has 2 aromatic heterocycles. The first-order valence-corrected chi connectivity index (χ1v) is 11.8. The molecule has 180 valence electrons. The number of aryl methyl sites for hydroxylation is 1. The molecule has 0 unspecified atom stereocenters. The summed E-state index contributed by atoms with van der Waals surface area (Å²) in [7, 11) is 0. The molecule has 0 saturated carbocycles. The lowest BCUT2D eigenvalue weighted by Crippen LogP contribution is -2.14. The first-order chi connectivity index (χ1) is 17.2. The van der Waals surface area contributed by atoms with Crippen LogP contribution in [0.4, 0.5) is 11.5 Å². The molecular weight excluding hydrogens is 448 g/mol. The number of amides is 1. The van der Waals surface area contributed by atoms with Gasteiger partial charge in [-0.3, -0.25) is 4.79 Å². The van der Waals surface area contributed by atoms with Gasteiger partial charge < -0.3 is 11.1 Å². The monoisotopic (exact) mass is 476 g/mol. The SMILES string of the molecule is Cc1cccc(NC(=O)c2c(N)n(N=Cc3ccc(C(C)(C)C)cc3)c3nc4ccccc4nc23)c1. The van der Waals surface area contributed by atoms with Crippen LogP contribution in [0, 0.1) is 6.92 Å². The summed E-state index contributed by atoms with van der Waals surface area (Å²) in [6, 6.07) is 23.3. The minimum atomic E-state index is -0.365. The molecule has 3 aromatic carbocycles. The number of nitrogens with zero attached hydrogens (tertiary/aromatic N) is 4. The van der Waals surface area contributed by atoms with Crippen LogP contribution in [0.15, 0.2) is 77.9 Å². The molecule has 0 aliphatic rings. The van der Waals surface area contributed by atoms with Crippen LogP contribution in [0.2, 0.25) is 0 Å². The molecule has 7 nitrogen and oxygen atoms in total. The molecule has 0 fully saturated rings. The number of para-hydroxylation sites is 2. The van der Waals surface area contributed by atoms with E-state index in [0.29, 0.717) is 27.9 Å². The second kappa shape index (κ2) is 8.92. The molecule has 0 bridgehead atoms. The van der Waals surface area contributed by atoms with Gasteiger partial charge in [0.2, 0.25) is 0 Å². The van der Waals surface area contributed by atoms with Crippen LogP contribution in [-0.2, 0) is 5.41 Å². The van der Waals surface area contributed by atoms with E-state index in [0.717, 1.165) is 11.1 Å². The van der Waals surface area contributed by atoms with Crippen LogP contribution in [-0.4, -0.2) is 26.8 Å². The minimum Gasteiger partial charge on any atom is -0.383 e. The van der Waals surface area contributed by atoms with E-state index in [1.807, 2.05) is 67.6 Å². The highest BCUT2D eigenvalue weighted by atomic mass is 16.1. The maximum atomic E-state index is 13.4. The average molecular weight is 477 g/mol. The first kappa shape index (κ1) is 23.2. The number of carbonyl (C=O) groups excluding carboxylic acids is 1. The van der Waals surface area contributed by atoms with Crippen molar-refractivity contribution in [2.75, 3.05) is 11.1 Å². The van der Waals surface area contributed by atoms with Gasteiger partial charge in [0.15, 0.2) is 5.65 Å². The number of nitrogens with one attached hydrogen (secondary N) is 1. The highest BCUT2D eigenvalue weighted by molar-refractivity contribution is 6.16. The number of hydrogen-bond acceptors (Lipinski definition) is 5. The van der Waals surface area contributed by atoms with Crippen LogP contribution in [0.3, 0.4) is 0 Å². The predicted octanol–water partition coefficient (Wildman–Crippen LogP) is 5.91. The molecule has 2 heterocycles. The van der Waals surface area contributed by atoms with Crippen LogP contribution >= 0.6 is 0 Å². The Morgan fingerprint density at radius 2 is 1.67 bits per heavy atom. The highest BCUT2D eigenvalue weighted by Gasteiger charge is 2.24. The Morgan fingerprint density at radius 1 is 0.972 bits per heavy atom. The summed E-state index contributed by atoms with van der Waals surface area (Å²) >= 11 is 0. The van der Waals surface area contributed by atoms with E-state index in [9.17, 15) is 4.79 Å². The number of rotatable bonds is 4. The molecule has 7 heteroatoms. The molecule has 5 rings (SSSR count). The van der Waals surface area contributed by atoms with Gasteiger partial charge in [-0.1, -0.05) is 69.3 Å². The van der Waals surface area contributed by atoms with Crippen LogP contribution in [0.5, 0.6) is 0 Å². The van der Waals surface area contributed by atoms with E-state index in [2.05, 4.69) is 43.3 Å². The van der Waals surface area contributed by atoms with Crippen LogP contribution < -0.4 is 11.1 Å². The Kier molecular flexibility index (Phi) is 5.76. The highest BCUT2D eigenvalue weighted by Crippen LogP contribution is 2.29. The number of nitrogens with two attached hydrogens (primary N) is 1. The third-order valence-corrected chi connectivity index (χ3v) is 6.08. The standard InChI is InChI=1S/C29H28N6O/c1-18-8-7-9-21(16-18)32-28(36)24-25-27(34-23-11-6-5-10-22(23)33-25)35(26(24)30)31-17-19-12-14-20(15-13-19)29(2,3)4/h5-17H,30H2,1-4H3,(H,32,36). The fraction of sp³-hybridized carbons (Fsp3) is 0.172. The van der Waals surface area contributed by atoms with E-state index in [4.69, 9.17) is 15.7 Å². The number of benzene rings is 3. The molecule has 0 aliphatic carbocycles. The van der Waals surface area contributed by atoms with Crippen molar-refractivity contribution in [3.63, 3.8) is 0 Å². The molecule has 1 amide bonds. The Balaban J connectivity index is 1.61. The molecule has 5 aromatic rings. The lowest BCUT2D eigenvalue weighted by atomic mass is 9.87.